The number of hydrogen-bond donors (Lipinski definition) is 1. The molecule has 5 nitrogen and oxygen atoms in total. The molecule has 0 unspecified atom stereocenters. The van der Waals surface area contributed by atoms with E-state index >= 15 is 0 Å². The van der Waals surface area contributed by atoms with Crippen LogP contribution in [0, 0.1) is 6.92 Å². The second kappa shape index (κ2) is 5.27. The predicted octanol–water partition coefficient (Wildman–Crippen LogP) is 1.52. The molecule has 0 radical (unpaired) electrons. The van der Waals surface area contributed by atoms with E-state index in [-0.39, 0.29) is 17.9 Å². The number of aryl methyl sites for hydroxylation is 1. The van der Waals surface area contributed by atoms with E-state index in [4.69, 9.17) is 5.73 Å². The number of halogens is 1. The molecule has 17 heavy (non-hydrogen) atoms. The normalized spacial score (nSPS) is 13.1. The highest BCUT2D eigenvalue weighted by Gasteiger charge is 2.10. The summed E-state index contributed by atoms with van der Waals surface area (Å²) in [6.07, 6.45) is 2.65. The smallest absolute Gasteiger partial charge is 0.326 e. The molecule has 0 amide bonds. The van der Waals surface area contributed by atoms with Gasteiger partial charge in [0, 0.05) is 5.54 Å². The standard InChI is InChI=1S/C11H18FN3O2/c1-8-14-17-10(16)15(8)7-9(12)5-4-6-11(2,3)13/h5H,4,6-7,13H2,1-3H3/b9-5-. The highest BCUT2D eigenvalue weighted by molar-refractivity contribution is 4.95. The lowest BCUT2D eigenvalue weighted by atomic mass is 10.00. The molecule has 0 aromatic carbocycles. The fourth-order valence-corrected chi connectivity index (χ4v) is 1.33. The molecule has 6 heteroatoms. The van der Waals surface area contributed by atoms with Crippen LogP contribution in [0.25, 0.3) is 0 Å². The van der Waals surface area contributed by atoms with Crippen LogP contribution in [0.2, 0.25) is 0 Å². The Bertz CT molecular complexity index is 454. The SMILES string of the molecule is Cc1noc(=O)n1C/C(F)=C/CCC(C)(C)N. The largest absolute Gasteiger partial charge is 0.441 e. The fourth-order valence-electron chi connectivity index (χ4n) is 1.33. The molecule has 0 aliphatic heterocycles. The third-order valence-electron chi connectivity index (χ3n) is 2.33. The Balaban J connectivity index is 2.58. The topological polar surface area (TPSA) is 74.0 Å². The Morgan fingerprint density at radius 1 is 1.65 bits per heavy atom. The van der Waals surface area contributed by atoms with Crippen LogP contribution in [0.5, 0.6) is 0 Å². The highest BCUT2D eigenvalue weighted by Crippen LogP contribution is 2.10. The van der Waals surface area contributed by atoms with E-state index < -0.39 is 5.76 Å². The summed E-state index contributed by atoms with van der Waals surface area (Å²) >= 11 is 0. The maximum atomic E-state index is 13.5. The first-order chi connectivity index (χ1) is 7.79. The monoisotopic (exact) mass is 243 g/mol. The first-order valence-electron chi connectivity index (χ1n) is 5.46. The van der Waals surface area contributed by atoms with Crippen molar-refractivity contribution in [1.29, 1.82) is 0 Å². The first-order valence-corrected chi connectivity index (χ1v) is 5.46. The third kappa shape index (κ3) is 4.52. The van der Waals surface area contributed by atoms with Gasteiger partial charge in [0.1, 0.15) is 5.83 Å². The van der Waals surface area contributed by atoms with E-state index in [0.29, 0.717) is 18.7 Å². The second-order valence-electron chi connectivity index (χ2n) is 4.76. The maximum Gasteiger partial charge on any atom is 0.441 e. The lowest BCUT2D eigenvalue weighted by Gasteiger charge is -2.16. The van der Waals surface area contributed by atoms with Gasteiger partial charge in [-0.3, -0.25) is 9.09 Å². The molecule has 0 saturated carbocycles. The maximum absolute atomic E-state index is 13.5. The van der Waals surface area contributed by atoms with Crippen LogP contribution in [0.15, 0.2) is 21.2 Å². The molecule has 0 saturated heterocycles. The third-order valence-corrected chi connectivity index (χ3v) is 2.33. The Hall–Kier alpha value is -1.43. The first kappa shape index (κ1) is 13.6. The Morgan fingerprint density at radius 2 is 2.29 bits per heavy atom. The van der Waals surface area contributed by atoms with Crippen LogP contribution >= 0.6 is 0 Å². The van der Waals surface area contributed by atoms with Gasteiger partial charge in [-0.2, -0.15) is 0 Å². The molecule has 0 spiro atoms. The van der Waals surface area contributed by atoms with E-state index in [9.17, 15) is 9.18 Å². The second-order valence-corrected chi connectivity index (χ2v) is 4.76. The van der Waals surface area contributed by atoms with Gasteiger partial charge in [0.2, 0.25) is 0 Å². The van der Waals surface area contributed by atoms with E-state index in [1.807, 2.05) is 13.8 Å². The quantitative estimate of drug-likeness (QED) is 0.850. The van der Waals surface area contributed by atoms with Gasteiger partial charge in [-0.1, -0.05) is 11.2 Å². The molecule has 96 valence electrons. The molecule has 0 aliphatic carbocycles. The fraction of sp³-hybridized carbons (Fsp3) is 0.636. The summed E-state index contributed by atoms with van der Waals surface area (Å²) in [6, 6.07) is 0. The summed E-state index contributed by atoms with van der Waals surface area (Å²) in [5, 5.41) is 3.45. The molecule has 1 heterocycles. The minimum atomic E-state index is -0.648. The number of nitrogens with two attached hydrogens (primary N) is 1. The lowest BCUT2D eigenvalue weighted by molar-refractivity contribution is 0.373. The van der Waals surface area contributed by atoms with Crippen LogP contribution < -0.4 is 11.5 Å². The number of hydrogen-bond acceptors (Lipinski definition) is 4. The van der Waals surface area contributed by atoms with Gasteiger partial charge in [-0.15, -0.1) is 0 Å². The van der Waals surface area contributed by atoms with Crippen molar-refractivity contribution in [3.8, 4) is 0 Å². The van der Waals surface area contributed by atoms with Crippen molar-refractivity contribution >= 4 is 0 Å². The van der Waals surface area contributed by atoms with Crippen molar-refractivity contribution < 1.29 is 8.91 Å². The van der Waals surface area contributed by atoms with E-state index in [0.717, 1.165) is 4.57 Å². The molecule has 0 bridgehead atoms. The van der Waals surface area contributed by atoms with Gasteiger partial charge in [-0.05, 0) is 33.6 Å². The molecule has 0 atom stereocenters. The van der Waals surface area contributed by atoms with Gasteiger partial charge in [0.05, 0.1) is 6.54 Å². The van der Waals surface area contributed by atoms with Crippen molar-refractivity contribution in [2.45, 2.75) is 45.7 Å². The predicted molar refractivity (Wildman–Crippen MR) is 62.2 cm³/mol. The van der Waals surface area contributed by atoms with Crippen LogP contribution in [-0.4, -0.2) is 15.3 Å². The number of rotatable bonds is 5. The lowest BCUT2D eigenvalue weighted by Crippen LogP contribution is -2.31. The summed E-state index contributed by atoms with van der Waals surface area (Å²) in [5.74, 6) is -0.675. The Kier molecular flexibility index (Phi) is 4.22. The minimum absolute atomic E-state index is 0.140. The molecular formula is C11H18FN3O2. The number of allylic oxidation sites excluding steroid dienone is 2. The summed E-state index contributed by atoms with van der Waals surface area (Å²) in [5.41, 5.74) is 5.46. The zero-order valence-electron chi connectivity index (χ0n) is 10.4. The Morgan fingerprint density at radius 3 is 2.76 bits per heavy atom. The van der Waals surface area contributed by atoms with Crippen LogP contribution in [0.3, 0.4) is 0 Å². The summed E-state index contributed by atoms with van der Waals surface area (Å²) in [4.78, 5) is 11.1. The zero-order chi connectivity index (χ0) is 13.1. The summed E-state index contributed by atoms with van der Waals surface area (Å²) < 4.78 is 19.0. The van der Waals surface area contributed by atoms with Crippen molar-refractivity contribution in [3.05, 3.63) is 28.3 Å². The summed E-state index contributed by atoms with van der Waals surface area (Å²) in [6.45, 7) is 5.21. The summed E-state index contributed by atoms with van der Waals surface area (Å²) in [7, 11) is 0. The van der Waals surface area contributed by atoms with Crippen LogP contribution in [0.4, 0.5) is 4.39 Å². The number of aromatic nitrogens is 2. The Labute approximate surface area is 99.1 Å². The van der Waals surface area contributed by atoms with Gasteiger partial charge < -0.3 is 5.73 Å². The van der Waals surface area contributed by atoms with Crippen molar-refractivity contribution in [2.75, 3.05) is 0 Å². The van der Waals surface area contributed by atoms with Gasteiger partial charge in [0.15, 0.2) is 5.82 Å². The van der Waals surface area contributed by atoms with Gasteiger partial charge in [0.25, 0.3) is 0 Å². The highest BCUT2D eigenvalue weighted by atomic mass is 19.1. The molecule has 1 aromatic rings. The minimum Gasteiger partial charge on any atom is -0.326 e. The van der Waals surface area contributed by atoms with E-state index in [1.165, 1.54) is 6.08 Å². The van der Waals surface area contributed by atoms with Gasteiger partial charge in [-0.25, -0.2) is 9.18 Å². The van der Waals surface area contributed by atoms with E-state index in [1.54, 1.807) is 6.92 Å². The van der Waals surface area contributed by atoms with Gasteiger partial charge >= 0.3 is 5.76 Å². The van der Waals surface area contributed by atoms with E-state index in [2.05, 4.69) is 9.68 Å². The molecule has 0 fully saturated rings. The molecule has 1 rings (SSSR count). The van der Waals surface area contributed by atoms with Crippen molar-refractivity contribution in [3.63, 3.8) is 0 Å². The van der Waals surface area contributed by atoms with Crippen molar-refractivity contribution in [2.24, 2.45) is 5.73 Å². The zero-order valence-corrected chi connectivity index (χ0v) is 10.4. The molecule has 0 aliphatic rings. The van der Waals surface area contributed by atoms with Crippen LogP contribution in [-0.2, 0) is 6.54 Å². The van der Waals surface area contributed by atoms with Crippen LogP contribution in [0.1, 0.15) is 32.5 Å². The number of nitrogens with zero attached hydrogens (tertiary/aromatic N) is 2. The average Bonchev–Trinajstić information content (AvgIpc) is 2.47. The molecular weight excluding hydrogens is 225 g/mol. The average molecular weight is 243 g/mol. The molecule has 2 N–H and O–H groups in total. The molecule has 1 aromatic heterocycles. The van der Waals surface area contributed by atoms with Crippen molar-refractivity contribution in [1.82, 2.24) is 9.72 Å².